The first kappa shape index (κ1) is 29.4. The van der Waals surface area contributed by atoms with Crippen molar-refractivity contribution < 1.29 is 49.8 Å². The summed E-state index contributed by atoms with van der Waals surface area (Å²) in [6.45, 7) is 1.87. The summed E-state index contributed by atoms with van der Waals surface area (Å²) < 4.78 is 73.7. The quantitative estimate of drug-likeness (QED) is 0.0977. The van der Waals surface area contributed by atoms with Crippen molar-refractivity contribution in [3.05, 3.63) is 57.7 Å². The van der Waals surface area contributed by atoms with E-state index in [-0.39, 0.29) is 17.8 Å². The Labute approximate surface area is 228 Å². The zero-order chi connectivity index (χ0) is 30.3. The van der Waals surface area contributed by atoms with Crippen LogP contribution in [0.3, 0.4) is 0 Å². The zero-order valence-electron chi connectivity index (χ0n) is 21.0. The predicted molar refractivity (Wildman–Crippen MR) is 125 cm³/mol. The second kappa shape index (κ2) is 10.7. The van der Waals surface area contributed by atoms with Gasteiger partial charge in [-0.2, -0.15) is 21.6 Å². The first-order valence-corrected chi connectivity index (χ1v) is 13.0. The van der Waals surface area contributed by atoms with Crippen LogP contribution in [0.2, 0.25) is 0 Å². The van der Waals surface area contributed by atoms with E-state index in [1.807, 2.05) is 0 Å². The fraction of sp³-hybridized carbons (Fsp3) is 0.429. The highest BCUT2D eigenvalue weighted by Crippen LogP contribution is 2.49. The number of halogens is 3. The van der Waals surface area contributed by atoms with Gasteiger partial charge in [0.2, 0.25) is 11.8 Å². The highest BCUT2D eigenvalue weighted by molar-refractivity contribution is 7.87. The van der Waals surface area contributed by atoms with Gasteiger partial charge in [-0.25, -0.2) is 9.48 Å². The van der Waals surface area contributed by atoms with Crippen LogP contribution in [0.15, 0.2) is 42.0 Å². The molecule has 0 saturated carbocycles. The SMILES string of the molecule is CC(NC(=O)Cn1cnnn1)[C@H]1C(=O)N2C(C(=O)OCc3ccc([N+](=O)[O-])cc3)=C(OS(=O)(=O)C(F)(F)F)[C@H](C)[C@H]12. The van der Waals surface area contributed by atoms with E-state index in [4.69, 9.17) is 4.74 Å². The third kappa shape index (κ3) is 5.67. The summed E-state index contributed by atoms with van der Waals surface area (Å²) in [4.78, 5) is 49.4. The summed E-state index contributed by atoms with van der Waals surface area (Å²) in [5.74, 6) is -6.04. The topological polar surface area (TPSA) is 206 Å². The fourth-order valence-electron chi connectivity index (χ4n) is 4.53. The zero-order valence-corrected chi connectivity index (χ0v) is 21.8. The van der Waals surface area contributed by atoms with Gasteiger partial charge in [0.25, 0.3) is 5.69 Å². The van der Waals surface area contributed by atoms with Crippen LogP contribution in [0.1, 0.15) is 19.4 Å². The van der Waals surface area contributed by atoms with Gasteiger partial charge in [-0.1, -0.05) is 6.92 Å². The Morgan fingerprint density at radius 2 is 1.90 bits per heavy atom. The summed E-state index contributed by atoms with van der Waals surface area (Å²) >= 11 is 0. The molecule has 4 atom stereocenters. The average Bonchev–Trinajstić information content (AvgIpc) is 3.46. The Hall–Kier alpha value is -4.62. The molecule has 2 aliphatic heterocycles. The number of nitrogens with zero attached hydrogens (tertiary/aromatic N) is 6. The molecule has 1 saturated heterocycles. The van der Waals surface area contributed by atoms with Crippen molar-refractivity contribution >= 4 is 33.6 Å². The number of fused-ring (bicyclic) bond motifs is 1. The lowest BCUT2D eigenvalue weighted by Gasteiger charge is -2.47. The molecule has 3 heterocycles. The number of amides is 2. The number of hydrogen-bond acceptors (Lipinski definition) is 12. The van der Waals surface area contributed by atoms with E-state index in [0.29, 0.717) is 0 Å². The lowest BCUT2D eigenvalue weighted by Crippen LogP contribution is -2.66. The van der Waals surface area contributed by atoms with Gasteiger partial charge in [0.15, 0.2) is 11.5 Å². The van der Waals surface area contributed by atoms with Crippen molar-refractivity contribution in [3.8, 4) is 0 Å². The van der Waals surface area contributed by atoms with Gasteiger partial charge >= 0.3 is 21.6 Å². The number of alkyl halides is 3. The molecule has 1 aromatic carbocycles. The van der Waals surface area contributed by atoms with Crippen LogP contribution in [0.4, 0.5) is 18.9 Å². The Kier molecular flexibility index (Phi) is 7.70. The van der Waals surface area contributed by atoms with E-state index in [1.165, 1.54) is 32.3 Å². The Morgan fingerprint density at radius 3 is 2.46 bits per heavy atom. The minimum absolute atomic E-state index is 0.250. The van der Waals surface area contributed by atoms with Crippen molar-refractivity contribution in [1.29, 1.82) is 0 Å². The molecule has 41 heavy (non-hydrogen) atoms. The van der Waals surface area contributed by atoms with Crippen LogP contribution < -0.4 is 5.32 Å². The van der Waals surface area contributed by atoms with Crippen molar-refractivity contribution in [2.24, 2.45) is 11.8 Å². The molecule has 0 bridgehead atoms. The highest BCUT2D eigenvalue weighted by Gasteiger charge is 2.63. The van der Waals surface area contributed by atoms with Gasteiger partial charge < -0.3 is 14.2 Å². The molecule has 16 nitrogen and oxygen atoms in total. The highest BCUT2D eigenvalue weighted by atomic mass is 32.2. The maximum Gasteiger partial charge on any atom is 0.534 e. The summed E-state index contributed by atoms with van der Waals surface area (Å²) in [6, 6.07) is 2.79. The van der Waals surface area contributed by atoms with Crippen molar-refractivity contribution in [2.45, 2.75) is 44.6 Å². The van der Waals surface area contributed by atoms with Crippen LogP contribution in [0.25, 0.3) is 0 Å². The smallest absolute Gasteiger partial charge is 0.456 e. The number of nitrogens with one attached hydrogen (secondary N) is 1. The molecule has 1 aromatic heterocycles. The number of esters is 1. The number of nitro groups is 1. The van der Waals surface area contributed by atoms with Crippen molar-refractivity contribution in [2.75, 3.05) is 0 Å². The Balaban J connectivity index is 1.56. The van der Waals surface area contributed by atoms with Gasteiger partial charge in [0.1, 0.15) is 19.5 Å². The molecule has 1 N–H and O–H groups in total. The molecule has 4 rings (SSSR count). The minimum Gasteiger partial charge on any atom is -0.456 e. The van der Waals surface area contributed by atoms with Crippen LogP contribution in [-0.4, -0.2) is 73.8 Å². The lowest BCUT2D eigenvalue weighted by molar-refractivity contribution is -0.384. The average molecular weight is 603 g/mol. The van der Waals surface area contributed by atoms with Crippen molar-refractivity contribution in [1.82, 2.24) is 30.4 Å². The van der Waals surface area contributed by atoms with E-state index >= 15 is 0 Å². The molecule has 0 radical (unpaired) electrons. The maximum atomic E-state index is 13.1. The van der Waals surface area contributed by atoms with Crippen LogP contribution in [0.5, 0.6) is 0 Å². The number of benzene rings is 1. The van der Waals surface area contributed by atoms with Gasteiger partial charge in [0.05, 0.1) is 16.9 Å². The van der Waals surface area contributed by atoms with Gasteiger partial charge in [-0.3, -0.25) is 24.6 Å². The lowest BCUT2D eigenvalue weighted by atomic mass is 9.77. The number of β-lactam (4-membered cyclic amide) rings is 1. The first-order chi connectivity index (χ1) is 19.1. The largest absolute Gasteiger partial charge is 0.534 e. The number of carbonyl (C=O) groups is 3. The van der Waals surface area contributed by atoms with Crippen molar-refractivity contribution in [3.63, 3.8) is 0 Å². The molecule has 0 aliphatic carbocycles. The number of nitro benzene ring substituents is 1. The number of rotatable bonds is 10. The van der Waals surface area contributed by atoms with E-state index in [9.17, 15) is 46.1 Å². The predicted octanol–water partition coefficient (Wildman–Crippen LogP) is 0.384. The Morgan fingerprint density at radius 1 is 1.24 bits per heavy atom. The third-order valence-corrected chi connectivity index (χ3v) is 7.37. The third-order valence-electron chi connectivity index (χ3n) is 6.41. The molecule has 20 heteroatoms. The van der Waals surface area contributed by atoms with Crippen LogP contribution in [-0.2, 0) is 46.6 Å². The van der Waals surface area contributed by atoms with Crippen LogP contribution in [0, 0.1) is 22.0 Å². The summed E-state index contributed by atoms with van der Waals surface area (Å²) in [6.07, 6.45) is 1.17. The van der Waals surface area contributed by atoms with E-state index < -0.39 is 80.3 Å². The van der Waals surface area contributed by atoms with Crippen LogP contribution >= 0.6 is 0 Å². The first-order valence-electron chi connectivity index (χ1n) is 11.6. The van der Waals surface area contributed by atoms with E-state index in [1.54, 1.807) is 0 Å². The summed E-state index contributed by atoms with van der Waals surface area (Å²) in [7, 11) is -6.24. The molecule has 220 valence electrons. The summed E-state index contributed by atoms with van der Waals surface area (Å²) in [5.41, 5.74) is -6.68. The number of ether oxygens (including phenoxy) is 1. The second-order valence-electron chi connectivity index (χ2n) is 9.07. The maximum absolute atomic E-state index is 13.1. The molecule has 1 fully saturated rings. The number of hydrogen-bond donors (Lipinski definition) is 1. The molecule has 2 amide bonds. The normalized spacial score (nSPS) is 21.1. The number of tetrazole rings is 1. The molecule has 1 unspecified atom stereocenters. The molecule has 0 spiro atoms. The fourth-order valence-corrected chi connectivity index (χ4v) is 5.09. The number of carbonyl (C=O) groups excluding carboxylic acids is 3. The standard InChI is InChI=1S/C21H20F3N7O9S/c1-10-16-15(11(2)26-14(32)7-29-9-25-27-28-29)19(33)30(16)17(18(10)40-41(37,38)21(22,23)24)20(34)39-8-12-3-5-13(6-4-12)31(35)36/h3-6,9-11,15-16H,7-8H2,1-2H3,(H,26,32)/t10-,11?,15-,16-/m1/s1. The molecular formula is C21H20F3N7O9S. The number of non-ortho nitro benzene ring substituents is 1. The molecule has 2 aromatic rings. The van der Waals surface area contributed by atoms with Gasteiger partial charge in [-0.15, -0.1) is 5.10 Å². The van der Waals surface area contributed by atoms with E-state index in [2.05, 4.69) is 25.0 Å². The molecule has 2 aliphatic rings. The second-order valence-corrected chi connectivity index (χ2v) is 10.6. The monoisotopic (exact) mass is 603 g/mol. The summed E-state index contributed by atoms with van der Waals surface area (Å²) in [5, 5.41) is 23.7. The van der Waals surface area contributed by atoms with E-state index in [0.717, 1.165) is 21.7 Å². The number of aromatic nitrogens is 4. The van der Waals surface area contributed by atoms with Gasteiger partial charge in [0, 0.05) is 24.1 Å². The minimum atomic E-state index is -6.24. The Bertz CT molecular complexity index is 1510. The molecular weight excluding hydrogens is 583 g/mol. The van der Waals surface area contributed by atoms with Gasteiger partial charge in [-0.05, 0) is 35.0 Å².